The number of rotatable bonds is 3. The number of aliphatic imine (C=N–C) groups is 1. The van der Waals surface area contributed by atoms with Gasteiger partial charge in [0.25, 0.3) is 10.0 Å². The fraction of sp³-hybridized carbons (Fsp3) is 0.118. The Hall–Kier alpha value is -3.20. The molecule has 8 nitrogen and oxygen atoms in total. The van der Waals surface area contributed by atoms with Crippen LogP contribution in [0.4, 0.5) is 5.69 Å². The number of nitrogens with zero attached hydrogens (tertiary/aromatic N) is 2. The van der Waals surface area contributed by atoms with Crippen LogP contribution in [-0.4, -0.2) is 31.7 Å². The molecule has 0 bridgehead atoms. The lowest BCUT2D eigenvalue weighted by Crippen LogP contribution is -2.24. The number of anilines is 1. The maximum absolute atomic E-state index is 12.1. The number of carbonyl (C=O) groups is 1. The van der Waals surface area contributed by atoms with Gasteiger partial charge in [0, 0.05) is 24.2 Å². The summed E-state index contributed by atoms with van der Waals surface area (Å²) < 4.78 is 31.8. The Kier molecular flexibility index (Phi) is 3.73. The summed E-state index contributed by atoms with van der Waals surface area (Å²) in [5.41, 5.74) is 2.28. The number of aryl methyl sites for hydroxylation is 1. The molecule has 4 rings (SSSR count). The number of oxazole rings is 1. The molecule has 0 radical (unpaired) electrons. The maximum Gasteiger partial charge on any atom is 0.263 e. The van der Waals surface area contributed by atoms with E-state index >= 15 is 0 Å². The number of carbonyl (C=O) groups excluding carboxylic acids is 1. The monoisotopic (exact) mass is 370 g/mol. The van der Waals surface area contributed by atoms with Crippen molar-refractivity contribution in [2.24, 2.45) is 4.99 Å². The van der Waals surface area contributed by atoms with E-state index in [2.05, 4.69) is 20.0 Å². The largest absolute Gasteiger partial charge is 0.441 e. The van der Waals surface area contributed by atoms with Gasteiger partial charge in [-0.2, -0.15) is 0 Å². The number of hydrogen-bond donors (Lipinski definition) is 2. The van der Waals surface area contributed by atoms with Crippen molar-refractivity contribution in [3.63, 3.8) is 0 Å². The van der Waals surface area contributed by atoms with Crippen LogP contribution in [0.3, 0.4) is 0 Å². The Morgan fingerprint density at radius 1 is 1.27 bits per heavy atom. The molecule has 0 fully saturated rings. The molecule has 0 unspecified atom stereocenters. The fourth-order valence-corrected chi connectivity index (χ4v) is 3.97. The van der Waals surface area contributed by atoms with Crippen molar-refractivity contribution >= 4 is 38.6 Å². The molecule has 1 aliphatic heterocycles. The SMILES string of the molecule is Cc1nc2ccc(NC(=O)CN=C3NS(=O)(=O)c4ccccc43)cc2o1. The van der Waals surface area contributed by atoms with Crippen LogP contribution in [0, 0.1) is 6.92 Å². The summed E-state index contributed by atoms with van der Waals surface area (Å²) in [7, 11) is -3.62. The summed E-state index contributed by atoms with van der Waals surface area (Å²) in [6.45, 7) is 1.52. The molecule has 0 saturated heterocycles. The Balaban J connectivity index is 1.51. The van der Waals surface area contributed by atoms with Crippen LogP contribution in [0.2, 0.25) is 0 Å². The predicted octanol–water partition coefficient (Wildman–Crippen LogP) is 1.81. The van der Waals surface area contributed by atoms with E-state index < -0.39 is 10.0 Å². The maximum atomic E-state index is 12.1. The number of sulfonamides is 1. The number of fused-ring (bicyclic) bond motifs is 2. The second-order valence-electron chi connectivity index (χ2n) is 5.73. The fourth-order valence-electron chi connectivity index (χ4n) is 2.72. The first-order valence-electron chi connectivity index (χ1n) is 7.76. The first kappa shape index (κ1) is 16.3. The second-order valence-corrected chi connectivity index (χ2v) is 7.38. The predicted molar refractivity (Wildman–Crippen MR) is 95.5 cm³/mol. The number of benzene rings is 2. The third kappa shape index (κ3) is 2.93. The summed E-state index contributed by atoms with van der Waals surface area (Å²) >= 11 is 0. The minimum absolute atomic E-state index is 0.158. The average Bonchev–Trinajstić information content (AvgIpc) is 3.09. The van der Waals surface area contributed by atoms with E-state index in [1.54, 1.807) is 43.3 Å². The molecule has 0 atom stereocenters. The van der Waals surface area contributed by atoms with Crippen molar-refractivity contribution in [3.8, 4) is 0 Å². The Morgan fingerprint density at radius 3 is 2.92 bits per heavy atom. The Bertz CT molecular complexity index is 1160. The number of hydrogen-bond acceptors (Lipinski definition) is 6. The molecule has 26 heavy (non-hydrogen) atoms. The molecule has 0 saturated carbocycles. The molecule has 0 spiro atoms. The van der Waals surface area contributed by atoms with E-state index in [4.69, 9.17) is 4.42 Å². The highest BCUT2D eigenvalue weighted by Crippen LogP contribution is 2.22. The van der Waals surface area contributed by atoms with Crippen molar-refractivity contribution < 1.29 is 17.6 Å². The number of aromatic nitrogens is 1. The van der Waals surface area contributed by atoms with Crippen LogP contribution in [0.25, 0.3) is 11.1 Å². The minimum Gasteiger partial charge on any atom is -0.441 e. The lowest BCUT2D eigenvalue weighted by Gasteiger charge is -2.03. The molecule has 1 aromatic heterocycles. The summed E-state index contributed by atoms with van der Waals surface area (Å²) in [6, 6.07) is 11.6. The van der Waals surface area contributed by atoms with E-state index in [1.807, 2.05) is 0 Å². The van der Waals surface area contributed by atoms with E-state index in [-0.39, 0.29) is 23.2 Å². The zero-order chi connectivity index (χ0) is 18.3. The smallest absolute Gasteiger partial charge is 0.263 e. The molecule has 0 aliphatic carbocycles. The van der Waals surface area contributed by atoms with Crippen LogP contribution in [0.15, 0.2) is 56.8 Å². The zero-order valence-corrected chi connectivity index (χ0v) is 14.5. The first-order valence-corrected chi connectivity index (χ1v) is 9.24. The topological polar surface area (TPSA) is 114 Å². The average molecular weight is 370 g/mol. The van der Waals surface area contributed by atoms with E-state index in [9.17, 15) is 13.2 Å². The van der Waals surface area contributed by atoms with Gasteiger partial charge in [-0.05, 0) is 24.3 Å². The summed E-state index contributed by atoms with van der Waals surface area (Å²) in [5, 5.41) is 2.70. The molecule has 132 valence electrons. The van der Waals surface area contributed by atoms with Gasteiger partial charge in [-0.15, -0.1) is 0 Å². The highest BCUT2D eigenvalue weighted by molar-refractivity contribution is 7.90. The second kappa shape index (κ2) is 5.95. The zero-order valence-electron chi connectivity index (χ0n) is 13.7. The van der Waals surface area contributed by atoms with Crippen molar-refractivity contribution in [3.05, 3.63) is 53.9 Å². The number of amidine groups is 1. The minimum atomic E-state index is -3.62. The van der Waals surface area contributed by atoms with Gasteiger partial charge in [0.05, 0.1) is 4.90 Å². The lowest BCUT2D eigenvalue weighted by molar-refractivity contribution is -0.114. The Labute approximate surface area is 149 Å². The van der Waals surface area contributed by atoms with Crippen LogP contribution in [0.5, 0.6) is 0 Å². The highest BCUT2D eigenvalue weighted by Gasteiger charge is 2.30. The molecule has 1 aliphatic rings. The van der Waals surface area contributed by atoms with E-state index in [0.29, 0.717) is 28.2 Å². The van der Waals surface area contributed by atoms with Crippen LogP contribution < -0.4 is 10.0 Å². The number of nitrogens with one attached hydrogen (secondary N) is 2. The number of amides is 1. The van der Waals surface area contributed by atoms with Gasteiger partial charge in [-0.1, -0.05) is 12.1 Å². The summed E-state index contributed by atoms with van der Waals surface area (Å²) in [6.07, 6.45) is 0. The van der Waals surface area contributed by atoms with Crippen LogP contribution in [0.1, 0.15) is 11.5 Å². The molecule has 2 aromatic carbocycles. The van der Waals surface area contributed by atoms with Crippen molar-refractivity contribution in [2.75, 3.05) is 11.9 Å². The third-order valence-electron chi connectivity index (χ3n) is 3.82. The van der Waals surface area contributed by atoms with Gasteiger partial charge in [-0.3, -0.25) is 14.5 Å². The third-order valence-corrected chi connectivity index (χ3v) is 5.22. The summed E-state index contributed by atoms with van der Waals surface area (Å²) in [4.78, 5) is 20.6. The van der Waals surface area contributed by atoms with Crippen LogP contribution >= 0.6 is 0 Å². The van der Waals surface area contributed by atoms with Crippen LogP contribution in [-0.2, 0) is 14.8 Å². The molecule has 2 heterocycles. The molecule has 3 aromatic rings. The molecule has 2 N–H and O–H groups in total. The molecular formula is C17H14N4O4S. The van der Waals surface area contributed by atoms with Gasteiger partial charge < -0.3 is 9.73 Å². The van der Waals surface area contributed by atoms with Gasteiger partial charge in [0.15, 0.2) is 11.5 Å². The van der Waals surface area contributed by atoms with Gasteiger partial charge in [0.1, 0.15) is 17.9 Å². The van der Waals surface area contributed by atoms with Gasteiger partial charge >= 0.3 is 0 Å². The van der Waals surface area contributed by atoms with E-state index in [0.717, 1.165) is 0 Å². The highest BCUT2D eigenvalue weighted by atomic mass is 32.2. The van der Waals surface area contributed by atoms with Crippen molar-refractivity contribution in [2.45, 2.75) is 11.8 Å². The molecular weight excluding hydrogens is 356 g/mol. The van der Waals surface area contributed by atoms with Crippen molar-refractivity contribution in [1.29, 1.82) is 0 Å². The van der Waals surface area contributed by atoms with Gasteiger partial charge in [-0.25, -0.2) is 13.4 Å². The Morgan fingerprint density at radius 2 is 2.08 bits per heavy atom. The standard InChI is InChI=1S/C17H14N4O4S/c1-10-19-13-7-6-11(8-14(13)25-10)20-16(22)9-18-17-12-4-2-3-5-15(12)26(23,24)21-17/h2-8H,9H2,1H3,(H,18,21)(H,20,22). The summed E-state index contributed by atoms with van der Waals surface area (Å²) in [5.74, 6) is 0.329. The normalized spacial score (nSPS) is 16.4. The van der Waals surface area contributed by atoms with Gasteiger partial charge in [0.2, 0.25) is 5.91 Å². The van der Waals surface area contributed by atoms with Crippen molar-refractivity contribution in [1.82, 2.24) is 9.71 Å². The molecule has 1 amide bonds. The molecule has 9 heteroatoms. The lowest BCUT2D eigenvalue weighted by atomic mass is 10.2. The first-order chi connectivity index (χ1) is 12.4. The quantitative estimate of drug-likeness (QED) is 0.730. The van der Waals surface area contributed by atoms with E-state index in [1.165, 1.54) is 6.07 Å².